The molecule has 0 aliphatic heterocycles. The molecule has 0 fully saturated rings. The second kappa shape index (κ2) is 11.4. The van der Waals surface area contributed by atoms with E-state index in [1.54, 1.807) is 0 Å². The average molecular weight is 396 g/mol. The zero-order chi connectivity index (χ0) is 21.2. The van der Waals surface area contributed by atoms with Crippen molar-refractivity contribution in [2.45, 2.75) is 46.6 Å². The SMILES string of the molecule is CCCN(CC(=O)Nc1ccccc1C)CC(=O)NC(C)c1ccc(CC)cc1. The van der Waals surface area contributed by atoms with E-state index in [0.717, 1.165) is 29.7 Å². The maximum Gasteiger partial charge on any atom is 0.238 e. The molecule has 1 atom stereocenters. The number of carbonyl (C=O) groups is 2. The Kier molecular flexibility index (Phi) is 8.87. The summed E-state index contributed by atoms with van der Waals surface area (Å²) in [5, 5.41) is 5.98. The van der Waals surface area contributed by atoms with Crippen molar-refractivity contribution in [3.63, 3.8) is 0 Å². The van der Waals surface area contributed by atoms with Crippen molar-refractivity contribution < 1.29 is 9.59 Å². The van der Waals surface area contributed by atoms with Crippen LogP contribution < -0.4 is 10.6 Å². The fraction of sp³-hybridized carbons (Fsp3) is 0.417. The lowest BCUT2D eigenvalue weighted by Gasteiger charge is -2.22. The van der Waals surface area contributed by atoms with Gasteiger partial charge in [0.15, 0.2) is 0 Å². The van der Waals surface area contributed by atoms with Gasteiger partial charge in [0.1, 0.15) is 0 Å². The molecule has 5 heteroatoms. The Labute approximate surface area is 174 Å². The number of carbonyl (C=O) groups excluding carboxylic acids is 2. The number of amides is 2. The molecular formula is C24H33N3O2. The van der Waals surface area contributed by atoms with Gasteiger partial charge >= 0.3 is 0 Å². The third-order valence-electron chi connectivity index (χ3n) is 4.96. The lowest BCUT2D eigenvalue weighted by molar-refractivity contribution is -0.124. The summed E-state index contributed by atoms with van der Waals surface area (Å²) >= 11 is 0. The Morgan fingerprint density at radius 1 is 0.966 bits per heavy atom. The number of nitrogens with one attached hydrogen (secondary N) is 2. The molecule has 0 heterocycles. The Balaban J connectivity index is 1.90. The van der Waals surface area contributed by atoms with Gasteiger partial charge in [0.2, 0.25) is 11.8 Å². The van der Waals surface area contributed by atoms with Crippen LogP contribution >= 0.6 is 0 Å². The summed E-state index contributed by atoms with van der Waals surface area (Å²) in [6, 6.07) is 15.9. The molecule has 0 aliphatic carbocycles. The van der Waals surface area contributed by atoms with Gasteiger partial charge in [0.05, 0.1) is 19.1 Å². The fourth-order valence-electron chi connectivity index (χ4n) is 3.25. The average Bonchev–Trinajstić information content (AvgIpc) is 2.69. The summed E-state index contributed by atoms with van der Waals surface area (Å²) in [6.07, 6.45) is 1.87. The van der Waals surface area contributed by atoms with Gasteiger partial charge in [-0.2, -0.15) is 0 Å². The van der Waals surface area contributed by atoms with E-state index in [0.29, 0.717) is 6.54 Å². The van der Waals surface area contributed by atoms with Crippen LogP contribution in [0.3, 0.4) is 0 Å². The molecule has 0 bridgehead atoms. The minimum absolute atomic E-state index is 0.0716. The van der Waals surface area contributed by atoms with Crippen molar-refractivity contribution in [1.82, 2.24) is 10.2 Å². The lowest BCUT2D eigenvalue weighted by Crippen LogP contribution is -2.42. The van der Waals surface area contributed by atoms with Gasteiger partial charge < -0.3 is 10.6 Å². The Morgan fingerprint density at radius 3 is 2.24 bits per heavy atom. The van der Waals surface area contributed by atoms with E-state index < -0.39 is 0 Å². The molecule has 0 spiro atoms. The van der Waals surface area contributed by atoms with Gasteiger partial charge in [-0.25, -0.2) is 0 Å². The predicted molar refractivity (Wildman–Crippen MR) is 119 cm³/mol. The molecule has 156 valence electrons. The second-order valence-corrected chi connectivity index (χ2v) is 7.46. The molecule has 0 aliphatic rings. The minimum atomic E-state index is -0.108. The summed E-state index contributed by atoms with van der Waals surface area (Å²) in [6.45, 7) is 9.19. The van der Waals surface area contributed by atoms with E-state index in [-0.39, 0.29) is 30.9 Å². The van der Waals surface area contributed by atoms with Crippen LogP contribution in [-0.2, 0) is 16.0 Å². The highest BCUT2D eigenvalue weighted by atomic mass is 16.2. The fourth-order valence-corrected chi connectivity index (χ4v) is 3.25. The zero-order valence-corrected chi connectivity index (χ0v) is 18.0. The van der Waals surface area contributed by atoms with Crippen molar-refractivity contribution in [3.8, 4) is 0 Å². The molecule has 0 saturated heterocycles. The number of rotatable bonds is 10. The maximum atomic E-state index is 12.5. The Bertz CT molecular complexity index is 802. The third-order valence-corrected chi connectivity index (χ3v) is 4.96. The number of hydrogen-bond donors (Lipinski definition) is 2. The number of nitrogens with zero attached hydrogens (tertiary/aromatic N) is 1. The Hall–Kier alpha value is -2.66. The molecule has 2 rings (SSSR count). The van der Waals surface area contributed by atoms with Gasteiger partial charge in [0, 0.05) is 5.69 Å². The van der Waals surface area contributed by atoms with Crippen LogP contribution in [0, 0.1) is 6.92 Å². The molecule has 0 saturated carbocycles. The number of para-hydroxylation sites is 1. The standard InChI is InChI=1S/C24H33N3O2/c1-5-15-27(17-24(29)26-22-10-8-7-9-18(22)3)16-23(28)25-19(4)21-13-11-20(6-2)12-14-21/h7-14,19H,5-6,15-17H2,1-4H3,(H,25,28)(H,26,29). The van der Waals surface area contributed by atoms with Crippen LogP contribution in [0.15, 0.2) is 48.5 Å². The van der Waals surface area contributed by atoms with Gasteiger partial charge in [-0.05, 0) is 56.0 Å². The zero-order valence-electron chi connectivity index (χ0n) is 18.0. The van der Waals surface area contributed by atoms with E-state index >= 15 is 0 Å². The summed E-state index contributed by atoms with van der Waals surface area (Å²) in [7, 11) is 0. The monoisotopic (exact) mass is 395 g/mol. The molecule has 2 N–H and O–H groups in total. The second-order valence-electron chi connectivity index (χ2n) is 7.46. The van der Waals surface area contributed by atoms with Crippen LogP contribution in [0.2, 0.25) is 0 Å². The first-order valence-electron chi connectivity index (χ1n) is 10.4. The summed E-state index contributed by atoms with van der Waals surface area (Å²) in [5.74, 6) is -0.182. The van der Waals surface area contributed by atoms with Crippen molar-refractivity contribution in [3.05, 3.63) is 65.2 Å². The van der Waals surface area contributed by atoms with Crippen molar-refractivity contribution in [2.24, 2.45) is 0 Å². The number of hydrogen-bond acceptors (Lipinski definition) is 3. The largest absolute Gasteiger partial charge is 0.348 e. The van der Waals surface area contributed by atoms with Crippen LogP contribution in [0.25, 0.3) is 0 Å². The summed E-state index contributed by atoms with van der Waals surface area (Å²) < 4.78 is 0. The smallest absolute Gasteiger partial charge is 0.238 e. The van der Waals surface area contributed by atoms with E-state index in [2.05, 4.69) is 41.8 Å². The molecule has 0 radical (unpaired) electrons. The molecule has 2 aromatic carbocycles. The number of benzene rings is 2. The highest BCUT2D eigenvalue weighted by molar-refractivity contribution is 5.93. The molecule has 2 aromatic rings. The van der Waals surface area contributed by atoms with Gasteiger partial charge in [-0.15, -0.1) is 0 Å². The Morgan fingerprint density at radius 2 is 1.62 bits per heavy atom. The molecule has 29 heavy (non-hydrogen) atoms. The molecule has 5 nitrogen and oxygen atoms in total. The third kappa shape index (κ3) is 7.35. The highest BCUT2D eigenvalue weighted by Crippen LogP contribution is 2.14. The van der Waals surface area contributed by atoms with Crippen molar-refractivity contribution in [2.75, 3.05) is 25.0 Å². The quantitative estimate of drug-likeness (QED) is 0.637. The minimum Gasteiger partial charge on any atom is -0.348 e. The van der Waals surface area contributed by atoms with Crippen LogP contribution in [0.5, 0.6) is 0 Å². The molecule has 2 amide bonds. The van der Waals surface area contributed by atoms with Crippen LogP contribution in [-0.4, -0.2) is 36.3 Å². The predicted octanol–water partition coefficient (Wildman–Crippen LogP) is 4.09. The maximum absolute atomic E-state index is 12.5. The normalized spacial score (nSPS) is 11.9. The van der Waals surface area contributed by atoms with Gasteiger partial charge in [-0.1, -0.05) is 56.3 Å². The van der Waals surface area contributed by atoms with E-state index in [1.807, 2.05) is 49.9 Å². The van der Waals surface area contributed by atoms with Gasteiger partial charge in [-0.3, -0.25) is 14.5 Å². The number of anilines is 1. The van der Waals surface area contributed by atoms with E-state index in [9.17, 15) is 9.59 Å². The first-order valence-corrected chi connectivity index (χ1v) is 10.4. The van der Waals surface area contributed by atoms with E-state index in [4.69, 9.17) is 0 Å². The first-order chi connectivity index (χ1) is 13.9. The molecular weight excluding hydrogens is 362 g/mol. The summed E-state index contributed by atoms with van der Waals surface area (Å²) in [5.41, 5.74) is 4.18. The van der Waals surface area contributed by atoms with Gasteiger partial charge in [0.25, 0.3) is 0 Å². The molecule has 0 aromatic heterocycles. The molecule has 1 unspecified atom stereocenters. The summed E-state index contributed by atoms with van der Waals surface area (Å²) in [4.78, 5) is 26.9. The van der Waals surface area contributed by atoms with Crippen molar-refractivity contribution in [1.29, 1.82) is 0 Å². The van der Waals surface area contributed by atoms with E-state index in [1.165, 1.54) is 5.56 Å². The topological polar surface area (TPSA) is 61.4 Å². The first kappa shape index (κ1) is 22.6. The highest BCUT2D eigenvalue weighted by Gasteiger charge is 2.16. The lowest BCUT2D eigenvalue weighted by atomic mass is 10.1. The van der Waals surface area contributed by atoms with Crippen LogP contribution in [0.1, 0.15) is 49.9 Å². The van der Waals surface area contributed by atoms with Crippen LogP contribution in [0.4, 0.5) is 5.69 Å². The number of aryl methyl sites for hydroxylation is 2. The van der Waals surface area contributed by atoms with Crippen molar-refractivity contribution >= 4 is 17.5 Å².